The molecule has 27 heavy (non-hydrogen) atoms. The Hall–Kier alpha value is -1.45. The number of piperidine rings is 2. The fourth-order valence-corrected chi connectivity index (χ4v) is 5.67. The summed E-state index contributed by atoms with van der Waals surface area (Å²) in [6.45, 7) is 7.66. The molecule has 1 atom stereocenters. The van der Waals surface area contributed by atoms with E-state index < -0.39 is 10.0 Å². The lowest BCUT2D eigenvalue weighted by molar-refractivity contribution is -0.127. The maximum absolute atomic E-state index is 13.0. The van der Waals surface area contributed by atoms with Crippen LogP contribution in [0.1, 0.15) is 38.3 Å². The smallest absolute Gasteiger partial charge is 0.246 e. The molecule has 0 saturated carbocycles. The van der Waals surface area contributed by atoms with Crippen molar-refractivity contribution in [3.05, 3.63) is 11.9 Å². The molecule has 0 aromatic carbocycles. The molecule has 0 bridgehead atoms. The third-order valence-corrected chi connectivity index (χ3v) is 7.91. The Morgan fingerprint density at radius 2 is 1.96 bits per heavy atom. The maximum Gasteiger partial charge on any atom is 0.246 e. The lowest BCUT2D eigenvalue weighted by atomic mass is 9.97. The Kier molecular flexibility index (Phi) is 6.22. The summed E-state index contributed by atoms with van der Waals surface area (Å²) in [6, 6.07) is 0.202. The van der Waals surface area contributed by atoms with Gasteiger partial charge in [-0.3, -0.25) is 9.48 Å². The molecule has 3 heterocycles. The number of amides is 1. The third-order valence-electron chi connectivity index (χ3n) is 5.94. The van der Waals surface area contributed by atoms with Gasteiger partial charge in [0.05, 0.1) is 17.8 Å². The van der Waals surface area contributed by atoms with Gasteiger partial charge in [0.1, 0.15) is 4.90 Å². The first-order chi connectivity index (χ1) is 12.8. The van der Waals surface area contributed by atoms with Crippen molar-refractivity contribution < 1.29 is 13.2 Å². The minimum absolute atomic E-state index is 0.00671. The van der Waals surface area contributed by atoms with Crippen LogP contribution in [0.15, 0.2) is 11.1 Å². The van der Waals surface area contributed by atoms with Crippen LogP contribution in [0.4, 0.5) is 0 Å². The van der Waals surface area contributed by atoms with Gasteiger partial charge in [0.25, 0.3) is 0 Å². The minimum Gasteiger partial charge on any atom is -0.353 e. The molecule has 1 N–H and O–H groups in total. The number of carbonyl (C=O) groups excluding carboxylic acids is 1. The van der Waals surface area contributed by atoms with E-state index in [1.807, 2.05) is 0 Å². The van der Waals surface area contributed by atoms with Crippen molar-refractivity contribution in [2.24, 2.45) is 13.0 Å². The molecule has 3 rings (SSSR count). The lowest BCUT2D eigenvalue weighted by Gasteiger charge is -2.34. The van der Waals surface area contributed by atoms with E-state index in [0.717, 1.165) is 38.9 Å². The number of nitrogens with one attached hydrogen (secondary N) is 1. The fraction of sp³-hybridized carbons (Fsp3) is 0.778. The Balaban J connectivity index is 1.62. The van der Waals surface area contributed by atoms with Crippen molar-refractivity contribution in [1.82, 2.24) is 24.3 Å². The summed E-state index contributed by atoms with van der Waals surface area (Å²) in [7, 11) is -1.89. The second kappa shape index (κ2) is 8.28. The predicted octanol–water partition coefficient (Wildman–Crippen LogP) is 0.730. The Morgan fingerprint density at radius 3 is 2.56 bits per heavy atom. The number of aromatic nitrogens is 2. The second-order valence-corrected chi connectivity index (χ2v) is 9.54. The standard InChI is InChI=1S/C18H31N5O3S/c1-4-22-10-7-16(8-11-22)20-18(24)15-6-5-9-23(13-15)27(25,26)17-12-19-21(3)14(17)2/h12,15-16H,4-11,13H2,1-3H3,(H,20,24)/t15-/m1/s1. The van der Waals surface area contributed by atoms with E-state index in [0.29, 0.717) is 18.7 Å². The fourth-order valence-electron chi connectivity index (χ4n) is 3.96. The summed E-state index contributed by atoms with van der Waals surface area (Å²) in [4.78, 5) is 15.4. The summed E-state index contributed by atoms with van der Waals surface area (Å²) in [5.41, 5.74) is 0.615. The molecule has 8 nitrogen and oxygen atoms in total. The van der Waals surface area contributed by atoms with Gasteiger partial charge in [0.2, 0.25) is 15.9 Å². The Morgan fingerprint density at radius 1 is 1.26 bits per heavy atom. The van der Waals surface area contributed by atoms with Crippen molar-refractivity contribution in [3.8, 4) is 0 Å². The first-order valence-electron chi connectivity index (χ1n) is 9.84. The summed E-state index contributed by atoms with van der Waals surface area (Å²) in [5, 5.41) is 7.21. The molecule has 2 aliphatic heterocycles. The number of likely N-dealkylation sites (tertiary alicyclic amines) is 1. The average molecular weight is 398 g/mol. The van der Waals surface area contributed by atoms with Crippen LogP contribution in [-0.4, -0.2) is 72.1 Å². The molecule has 0 spiro atoms. The van der Waals surface area contributed by atoms with Gasteiger partial charge in [-0.1, -0.05) is 6.92 Å². The highest BCUT2D eigenvalue weighted by Gasteiger charge is 2.35. The molecule has 9 heteroatoms. The molecular weight excluding hydrogens is 366 g/mol. The quantitative estimate of drug-likeness (QED) is 0.791. The first-order valence-corrected chi connectivity index (χ1v) is 11.3. The number of nitrogens with zero attached hydrogens (tertiary/aromatic N) is 4. The number of hydrogen-bond acceptors (Lipinski definition) is 5. The molecule has 0 aliphatic carbocycles. The second-order valence-electron chi connectivity index (χ2n) is 7.64. The number of aryl methyl sites for hydroxylation is 1. The Bertz CT molecular complexity index is 768. The van der Waals surface area contributed by atoms with Gasteiger partial charge in [-0.05, 0) is 39.2 Å². The maximum atomic E-state index is 13.0. The van der Waals surface area contributed by atoms with Crippen LogP contribution in [0.5, 0.6) is 0 Å². The molecule has 2 saturated heterocycles. The van der Waals surface area contributed by atoms with Crippen LogP contribution in [0.3, 0.4) is 0 Å². The number of carbonyl (C=O) groups is 1. The highest BCUT2D eigenvalue weighted by molar-refractivity contribution is 7.89. The van der Waals surface area contributed by atoms with Crippen molar-refractivity contribution in [2.45, 2.75) is 50.5 Å². The SMILES string of the molecule is CCN1CCC(NC(=O)[C@@H]2CCCN(S(=O)(=O)c3cnn(C)c3C)C2)CC1. The minimum atomic E-state index is -3.62. The van der Waals surface area contributed by atoms with Gasteiger partial charge in [-0.25, -0.2) is 8.42 Å². The van der Waals surface area contributed by atoms with E-state index in [4.69, 9.17) is 0 Å². The van der Waals surface area contributed by atoms with E-state index in [2.05, 4.69) is 22.2 Å². The molecule has 1 amide bonds. The van der Waals surface area contributed by atoms with Gasteiger partial charge in [0.15, 0.2) is 0 Å². The molecule has 152 valence electrons. The van der Waals surface area contributed by atoms with Gasteiger partial charge < -0.3 is 10.2 Å². The van der Waals surface area contributed by atoms with Crippen molar-refractivity contribution >= 4 is 15.9 Å². The molecular formula is C18H31N5O3S. The number of sulfonamides is 1. The summed E-state index contributed by atoms with van der Waals surface area (Å²) in [6.07, 6.45) is 4.75. The van der Waals surface area contributed by atoms with E-state index in [1.165, 1.54) is 10.5 Å². The van der Waals surface area contributed by atoms with E-state index in [9.17, 15) is 13.2 Å². The normalized spacial score (nSPS) is 23.4. The van der Waals surface area contributed by atoms with E-state index in [1.54, 1.807) is 18.7 Å². The van der Waals surface area contributed by atoms with Gasteiger partial charge in [-0.2, -0.15) is 9.40 Å². The van der Waals surface area contributed by atoms with Gasteiger partial charge in [-0.15, -0.1) is 0 Å². The number of hydrogen-bond donors (Lipinski definition) is 1. The highest BCUT2D eigenvalue weighted by atomic mass is 32.2. The zero-order valence-corrected chi connectivity index (χ0v) is 17.3. The lowest BCUT2D eigenvalue weighted by Crippen LogP contribution is -2.50. The largest absolute Gasteiger partial charge is 0.353 e. The topological polar surface area (TPSA) is 87.5 Å². The van der Waals surface area contributed by atoms with Crippen molar-refractivity contribution in [1.29, 1.82) is 0 Å². The number of rotatable bonds is 5. The summed E-state index contributed by atoms with van der Waals surface area (Å²) in [5.74, 6) is -0.289. The molecule has 1 aromatic rings. The zero-order valence-electron chi connectivity index (χ0n) is 16.5. The van der Waals surface area contributed by atoms with E-state index >= 15 is 0 Å². The van der Waals surface area contributed by atoms with Gasteiger partial charge in [0, 0.05) is 39.3 Å². The van der Waals surface area contributed by atoms with Crippen molar-refractivity contribution in [3.63, 3.8) is 0 Å². The van der Waals surface area contributed by atoms with Crippen molar-refractivity contribution in [2.75, 3.05) is 32.7 Å². The molecule has 0 radical (unpaired) electrons. The van der Waals surface area contributed by atoms with Crippen LogP contribution >= 0.6 is 0 Å². The molecule has 2 fully saturated rings. The predicted molar refractivity (Wildman–Crippen MR) is 103 cm³/mol. The third kappa shape index (κ3) is 4.35. The molecule has 2 aliphatic rings. The first kappa shape index (κ1) is 20.3. The van der Waals surface area contributed by atoms with Crippen LogP contribution in [0.25, 0.3) is 0 Å². The average Bonchev–Trinajstić information content (AvgIpc) is 3.02. The van der Waals surface area contributed by atoms with Crippen LogP contribution in [-0.2, 0) is 21.9 Å². The summed E-state index contributed by atoms with van der Waals surface area (Å²) < 4.78 is 29.0. The monoisotopic (exact) mass is 397 g/mol. The zero-order chi connectivity index (χ0) is 19.6. The van der Waals surface area contributed by atoms with Crippen LogP contribution in [0.2, 0.25) is 0 Å². The van der Waals surface area contributed by atoms with Gasteiger partial charge >= 0.3 is 0 Å². The van der Waals surface area contributed by atoms with E-state index in [-0.39, 0.29) is 29.3 Å². The molecule has 1 aromatic heterocycles. The van der Waals surface area contributed by atoms with Crippen LogP contribution < -0.4 is 5.32 Å². The molecule has 0 unspecified atom stereocenters. The highest BCUT2D eigenvalue weighted by Crippen LogP contribution is 2.25. The summed E-state index contributed by atoms with van der Waals surface area (Å²) >= 11 is 0. The Labute approximate surface area is 161 Å². The van der Waals surface area contributed by atoms with Crippen LogP contribution in [0, 0.1) is 12.8 Å².